The van der Waals surface area contributed by atoms with Crippen LogP contribution in [0.5, 0.6) is 0 Å². The van der Waals surface area contributed by atoms with Crippen LogP contribution in [0.2, 0.25) is 0 Å². The van der Waals surface area contributed by atoms with Crippen molar-refractivity contribution in [3.63, 3.8) is 0 Å². The van der Waals surface area contributed by atoms with Crippen LogP contribution in [-0.2, 0) is 24.3 Å². The van der Waals surface area contributed by atoms with Crippen LogP contribution >= 0.6 is 0 Å². The van der Waals surface area contributed by atoms with Crippen molar-refractivity contribution in [1.29, 1.82) is 0 Å². The van der Waals surface area contributed by atoms with E-state index in [-0.39, 0.29) is 6.42 Å². The van der Waals surface area contributed by atoms with E-state index in [2.05, 4.69) is 33.7 Å². The van der Waals surface area contributed by atoms with Gasteiger partial charge in [0, 0.05) is 32.0 Å². The van der Waals surface area contributed by atoms with Crippen LogP contribution in [0.25, 0.3) is 0 Å². The van der Waals surface area contributed by atoms with E-state index < -0.39 is 5.97 Å². The summed E-state index contributed by atoms with van der Waals surface area (Å²) in [5.74, 6) is 1.67. The molecule has 0 spiro atoms. The zero-order valence-electron chi connectivity index (χ0n) is 15.1. The highest BCUT2D eigenvalue weighted by atomic mass is 16.4. The number of carboxylic acids is 1. The summed E-state index contributed by atoms with van der Waals surface area (Å²) in [6, 6.07) is 6.17. The van der Waals surface area contributed by atoms with E-state index in [4.69, 9.17) is 9.52 Å². The highest BCUT2D eigenvalue weighted by Crippen LogP contribution is 2.23. The molecular formula is C19H27N3O3. The SMILES string of the molecule is Cc1ccc([C@@H](C)CCN2CCCn3nc(CCC(=O)O)cc3C2)o1. The van der Waals surface area contributed by atoms with Crippen LogP contribution in [0.15, 0.2) is 22.6 Å². The normalized spacial score (nSPS) is 16.4. The summed E-state index contributed by atoms with van der Waals surface area (Å²) in [6.07, 6.45) is 2.78. The van der Waals surface area contributed by atoms with E-state index in [1.807, 2.05) is 13.0 Å². The second-order valence-corrected chi connectivity index (χ2v) is 7.01. The van der Waals surface area contributed by atoms with Gasteiger partial charge in [0.25, 0.3) is 0 Å². The molecule has 0 amide bonds. The van der Waals surface area contributed by atoms with E-state index in [9.17, 15) is 4.79 Å². The van der Waals surface area contributed by atoms with Crippen molar-refractivity contribution in [3.8, 4) is 0 Å². The fourth-order valence-corrected chi connectivity index (χ4v) is 3.37. The summed E-state index contributed by atoms with van der Waals surface area (Å²) in [6.45, 7) is 8.07. The average molecular weight is 345 g/mol. The molecule has 0 unspecified atom stereocenters. The number of hydrogen-bond donors (Lipinski definition) is 1. The lowest BCUT2D eigenvalue weighted by Crippen LogP contribution is -2.25. The second-order valence-electron chi connectivity index (χ2n) is 7.01. The van der Waals surface area contributed by atoms with Crippen LogP contribution in [-0.4, -0.2) is 38.8 Å². The third kappa shape index (κ3) is 4.72. The lowest BCUT2D eigenvalue weighted by atomic mass is 10.0. The third-order valence-corrected chi connectivity index (χ3v) is 4.86. The molecule has 1 atom stereocenters. The summed E-state index contributed by atoms with van der Waals surface area (Å²) >= 11 is 0. The Morgan fingerprint density at radius 3 is 2.96 bits per heavy atom. The molecular weight excluding hydrogens is 318 g/mol. The van der Waals surface area contributed by atoms with Crippen molar-refractivity contribution in [1.82, 2.24) is 14.7 Å². The largest absolute Gasteiger partial charge is 0.481 e. The lowest BCUT2D eigenvalue weighted by Gasteiger charge is -2.21. The van der Waals surface area contributed by atoms with Gasteiger partial charge >= 0.3 is 5.97 Å². The Labute approximate surface area is 148 Å². The molecule has 6 nitrogen and oxygen atoms in total. The number of carboxylic acid groups (broad SMARTS) is 1. The number of fused-ring (bicyclic) bond motifs is 1. The summed E-state index contributed by atoms with van der Waals surface area (Å²) in [4.78, 5) is 13.2. The average Bonchev–Trinajstić information content (AvgIpc) is 3.12. The van der Waals surface area contributed by atoms with Gasteiger partial charge in [-0.3, -0.25) is 14.4 Å². The number of carbonyl (C=O) groups is 1. The highest BCUT2D eigenvalue weighted by molar-refractivity contribution is 5.66. The van der Waals surface area contributed by atoms with Crippen LogP contribution in [0.4, 0.5) is 0 Å². The van der Waals surface area contributed by atoms with Crippen molar-refractivity contribution >= 4 is 5.97 Å². The summed E-state index contributed by atoms with van der Waals surface area (Å²) in [5, 5.41) is 13.4. The standard InChI is InChI=1S/C19H27N3O3/c1-14(18-6-4-15(2)25-18)8-11-21-9-3-10-22-17(13-21)12-16(20-22)5-7-19(23)24/h4,6,12,14H,3,5,7-11,13H2,1-2H3,(H,23,24)/t14-/m0/s1. The minimum atomic E-state index is -0.771. The Balaban J connectivity index is 1.56. The molecule has 0 aliphatic carbocycles. The van der Waals surface area contributed by atoms with Gasteiger partial charge in [-0.15, -0.1) is 0 Å². The minimum absolute atomic E-state index is 0.139. The molecule has 3 heterocycles. The second kappa shape index (κ2) is 7.87. The highest BCUT2D eigenvalue weighted by Gasteiger charge is 2.18. The van der Waals surface area contributed by atoms with E-state index >= 15 is 0 Å². The maximum Gasteiger partial charge on any atom is 0.303 e. The number of hydrogen-bond acceptors (Lipinski definition) is 4. The smallest absolute Gasteiger partial charge is 0.303 e. The van der Waals surface area contributed by atoms with E-state index in [0.717, 1.165) is 56.2 Å². The maximum atomic E-state index is 10.7. The summed E-state index contributed by atoms with van der Waals surface area (Å²) < 4.78 is 7.79. The fourth-order valence-electron chi connectivity index (χ4n) is 3.37. The van der Waals surface area contributed by atoms with Crippen LogP contribution in [0, 0.1) is 6.92 Å². The molecule has 2 aromatic heterocycles. The lowest BCUT2D eigenvalue weighted by molar-refractivity contribution is -0.136. The topological polar surface area (TPSA) is 71.5 Å². The van der Waals surface area contributed by atoms with E-state index in [0.29, 0.717) is 12.3 Å². The number of nitrogens with zero attached hydrogens (tertiary/aromatic N) is 3. The van der Waals surface area contributed by atoms with E-state index in [1.54, 1.807) is 0 Å². The predicted molar refractivity (Wildman–Crippen MR) is 94.6 cm³/mol. The van der Waals surface area contributed by atoms with Gasteiger partial charge in [-0.1, -0.05) is 6.92 Å². The number of aryl methyl sites for hydroxylation is 3. The first kappa shape index (κ1) is 17.7. The van der Waals surface area contributed by atoms with Crippen molar-refractivity contribution < 1.29 is 14.3 Å². The van der Waals surface area contributed by atoms with Gasteiger partial charge in [0.2, 0.25) is 0 Å². The van der Waals surface area contributed by atoms with Crippen molar-refractivity contribution in [2.24, 2.45) is 0 Å². The van der Waals surface area contributed by atoms with Crippen molar-refractivity contribution in [2.45, 2.75) is 58.5 Å². The van der Waals surface area contributed by atoms with Crippen LogP contribution in [0.3, 0.4) is 0 Å². The molecule has 3 rings (SSSR count). The molecule has 1 aliphatic rings. The maximum absolute atomic E-state index is 10.7. The Morgan fingerprint density at radius 1 is 1.40 bits per heavy atom. The van der Waals surface area contributed by atoms with Gasteiger partial charge in [0.15, 0.2) is 0 Å². The number of aromatic nitrogens is 2. The van der Waals surface area contributed by atoms with Gasteiger partial charge in [0.05, 0.1) is 17.8 Å². The molecule has 1 N–H and O–H groups in total. The molecule has 0 bridgehead atoms. The zero-order valence-corrected chi connectivity index (χ0v) is 15.1. The van der Waals surface area contributed by atoms with Gasteiger partial charge < -0.3 is 9.52 Å². The number of furan rings is 1. The Morgan fingerprint density at radius 2 is 2.24 bits per heavy atom. The number of aliphatic carboxylic acids is 1. The fraction of sp³-hybridized carbons (Fsp3) is 0.579. The summed E-state index contributed by atoms with van der Waals surface area (Å²) in [7, 11) is 0. The molecule has 1 aliphatic heterocycles. The van der Waals surface area contributed by atoms with Crippen molar-refractivity contribution in [2.75, 3.05) is 13.1 Å². The van der Waals surface area contributed by atoms with Gasteiger partial charge in [-0.2, -0.15) is 5.10 Å². The molecule has 0 fully saturated rings. The molecule has 0 saturated heterocycles. The molecule has 25 heavy (non-hydrogen) atoms. The zero-order chi connectivity index (χ0) is 17.8. The Kier molecular flexibility index (Phi) is 5.58. The molecule has 0 saturated carbocycles. The third-order valence-electron chi connectivity index (χ3n) is 4.86. The molecule has 6 heteroatoms. The Bertz CT molecular complexity index is 719. The van der Waals surface area contributed by atoms with Gasteiger partial charge in [-0.25, -0.2) is 0 Å². The first-order valence-corrected chi connectivity index (χ1v) is 9.07. The van der Waals surface area contributed by atoms with E-state index in [1.165, 1.54) is 5.69 Å². The predicted octanol–water partition coefficient (Wildman–Crippen LogP) is 3.20. The summed E-state index contributed by atoms with van der Waals surface area (Å²) in [5.41, 5.74) is 2.08. The molecule has 0 radical (unpaired) electrons. The molecule has 2 aromatic rings. The first-order chi connectivity index (χ1) is 12.0. The molecule has 0 aromatic carbocycles. The molecule has 136 valence electrons. The first-order valence-electron chi connectivity index (χ1n) is 9.07. The minimum Gasteiger partial charge on any atom is -0.481 e. The van der Waals surface area contributed by atoms with Crippen LogP contribution < -0.4 is 0 Å². The van der Waals surface area contributed by atoms with Gasteiger partial charge in [0.1, 0.15) is 11.5 Å². The quantitative estimate of drug-likeness (QED) is 0.834. The number of rotatable bonds is 7. The Hall–Kier alpha value is -2.08. The van der Waals surface area contributed by atoms with Gasteiger partial charge in [-0.05, 0) is 44.5 Å². The van der Waals surface area contributed by atoms with Crippen molar-refractivity contribution in [3.05, 3.63) is 41.1 Å². The van der Waals surface area contributed by atoms with Crippen LogP contribution in [0.1, 0.15) is 55.0 Å². The monoisotopic (exact) mass is 345 g/mol.